The van der Waals surface area contributed by atoms with Gasteiger partial charge in [-0.05, 0) is 24.6 Å². The number of carbonyl (C=O) groups is 1. The van der Waals surface area contributed by atoms with Crippen LogP contribution in [0.3, 0.4) is 0 Å². The molecule has 2 rings (SSSR count). The first-order valence-electron chi connectivity index (χ1n) is 6.05. The van der Waals surface area contributed by atoms with Gasteiger partial charge in [-0.3, -0.25) is 9.59 Å². The summed E-state index contributed by atoms with van der Waals surface area (Å²) < 4.78 is 1.59. The van der Waals surface area contributed by atoms with Crippen molar-refractivity contribution < 1.29 is 4.79 Å². The van der Waals surface area contributed by atoms with Crippen molar-refractivity contribution in [3.8, 4) is 0 Å². The van der Waals surface area contributed by atoms with Crippen molar-refractivity contribution in [2.24, 2.45) is 0 Å². The number of benzene rings is 1. The summed E-state index contributed by atoms with van der Waals surface area (Å²) in [4.78, 5) is 23.1. The average molecular weight is 312 g/mol. The second kappa shape index (κ2) is 6.58. The van der Waals surface area contributed by atoms with E-state index in [1.54, 1.807) is 34.3 Å². The van der Waals surface area contributed by atoms with E-state index in [2.05, 4.69) is 5.32 Å². The third kappa shape index (κ3) is 3.85. The molecule has 2 aromatic rings. The maximum atomic E-state index is 11.8. The van der Waals surface area contributed by atoms with Gasteiger partial charge in [-0.1, -0.05) is 22.9 Å². The summed E-state index contributed by atoms with van der Waals surface area (Å²) in [7, 11) is 0. The number of carbonyl (C=O) groups excluding carboxylic acids is 1. The monoisotopic (exact) mass is 311 g/mol. The number of hydrogen-bond acceptors (Lipinski definition) is 4. The lowest BCUT2D eigenvalue weighted by molar-refractivity contribution is -0.116. The normalized spacial score (nSPS) is 10.4. The first-order chi connectivity index (χ1) is 9.56. The van der Waals surface area contributed by atoms with Crippen LogP contribution in [0.1, 0.15) is 12.8 Å². The molecule has 0 fully saturated rings. The number of rotatable bonds is 5. The summed E-state index contributed by atoms with van der Waals surface area (Å²) in [5.41, 5.74) is 6.73. The number of amides is 1. The lowest BCUT2D eigenvalue weighted by atomic mass is 10.2. The van der Waals surface area contributed by atoms with Crippen molar-refractivity contribution in [3.05, 3.63) is 44.5 Å². The molecule has 0 aliphatic carbocycles. The third-order valence-corrected chi connectivity index (χ3v) is 3.66. The molecule has 1 heterocycles. The molecule has 0 saturated heterocycles. The molecule has 0 spiro atoms. The molecule has 5 nitrogen and oxygen atoms in total. The topological polar surface area (TPSA) is 77.1 Å². The molecular formula is C13H14ClN3O2S. The van der Waals surface area contributed by atoms with Crippen LogP contribution < -0.4 is 15.9 Å². The zero-order chi connectivity index (χ0) is 14.5. The zero-order valence-electron chi connectivity index (χ0n) is 10.6. The minimum Gasteiger partial charge on any atom is -0.397 e. The number of nitrogens with two attached hydrogens (primary N) is 1. The maximum Gasteiger partial charge on any atom is 0.307 e. The number of aryl methyl sites for hydroxylation is 1. The van der Waals surface area contributed by atoms with E-state index < -0.39 is 0 Å². The fourth-order valence-corrected chi connectivity index (χ4v) is 2.52. The molecule has 1 aromatic heterocycles. The summed E-state index contributed by atoms with van der Waals surface area (Å²) in [6.45, 7) is 0.534. The van der Waals surface area contributed by atoms with Gasteiger partial charge in [0.15, 0.2) is 0 Å². The molecule has 0 saturated carbocycles. The molecule has 0 bridgehead atoms. The Kier molecular flexibility index (Phi) is 4.81. The van der Waals surface area contributed by atoms with Gasteiger partial charge in [-0.15, -0.1) is 0 Å². The SMILES string of the molecule is Nc1cc(Cl)ccc1NC(=O)CCCn1ccsc1=O. The highest BCUT2D eigenvalue weighted by molar-refractivity contribution is 7.07. The molecule has 1 amide bonds. The fourth-order valence-electron chi connectivity index (χ4n) is 1.73. The number of hydrogen-bond donors (Lipinski definition) is 2. The highest BCUT2D eigenvalue weighted by atomic mass is 35.5. The Hall–Kier alpha value is -1.79. The summed E-state index contributed by atoms with van der Waals surface area (Å²) in [5, 5.41) is 4.98. The van der Waals surface area contributed by atoms with Crippen LogP contribution >= 0.6 is 22.9 Å². The maximum absolute atomic E-state index is 11.8. The van der Waals surface area contributed by atoms with Crippen LogP contribution in [0.4, 0.5) is 11.4 Å². The largest absolute Gasteiger partial charge is 0.397 e. The van der Waals surface area contributed by atoms with Crippen molar-refractivity contribution in [1.29, 1.82) is 0 Å². The number of nitrogens with one attached hydrogen (secondary N) is 1. The number of aromatic nitrogens is 1. The Balaban J connectivity index is 1.84. The first kappa shape index (κ1) is 14.6. The van der Waals surface area contributed by atoms with Gasteiger partial charge in [0, 0.05) is 29.6 Å². The van der Waals surface area contributed by atoms with Crippen LogP contribution in [0.5, 0.6) is 0 Å². The van der Waals surface area contributed by atoms with Crippen LogP contribution in [0, 0.1) is 0 Å². The molecule has 7 heteroatoms. The highest BCUT2D eigenvalue weighted by Gasteiger charge is 2.06. The van der Waals surface area contributed by atoms with E-state index in [9.17, 15) is 9.59 Å². The lowest BCUT2D eigenvalue weighted by Gasteiger charge is -2.08. The molecule has 3 N–H and O–H groups in total. The van der Waals surface area contributed by atoms with Crippen molar-refractivity contribution >= 4 is 40.2 Å². The van der Waals surface area contributed by atoms with E-state index in [0.717, 1.165) is 11.3 Å². The third-order valence-electron chi connectivity index (χ3n) is 2.73. The van der Waals surface area contributed by atoms with Crippen LogP contribution in [0.2, 0.25) is 5.02 Å². The minimum atomic E-state index is -0.137. The minimum absolute atomic E-state index is 0.00708. The Morgan fingerprint density at radius 2 is 2.25 bits per heavy atom. The van der Waals surface area contributed by atoms with Crippen molar-refractivity contribution in [2.45, 2.75) is 19.4 Å². The average Bonchev–Trinajstić information content (AvgIpc) is 2.79. The second-order valence-corrected chi connectivity index (χ2v) is 5.54. The molecule has 1 aromatic carbocycles. The zero-order valence-corrected chi connectivity index (χ0v) is 12.2. The number of anilines is 2. The molecule has 0 aliphatic heterocycles. The second-order valence-electron chi connectivity index (χ2n) is 4.25. The van der Waals surface area contributed by atoms with Crippen molar-refractivity contribution in [3.63, 3.8) is 0 Å². The van der Waals surface area contributed by atoms with Crippen LogP contribution in [-0.4, -0.2) is 10.5 Å². The summed E-state index contributed by atoms with van der Waals surface area (Å²) >= 11 is 6.93. The Morgan fingerprint density at radius 3 is 2.90 bits per heavy atom. The summed E-state index contributed by atoms with van der Waals surface area (Å²) in [6, 6.07) is 4.92. The van der Waals surface area contributed by atoms with Crippen LogP contribution in [0.25, 0.3) is 0 Å². The fraction of sp³-hybridized carbons (Fsp3) is 0.231. The van der Waals surface area contributed by atoms with Gasteiger partial charge < -0.3 is 15.6 Å². The molecule has 0 aliphatic rings. The van der Waals surface area contributed by atoms with Crippen LogP contribution in [-0.2, 0) is 11.3 Å². The van der Waals surface area contributed by atoms with Gasteiger partial charge in [0.1, 0.15) is 0 Å². The number of thiazole rings is 1. The standard InChI is InChI=1S/C13H14ClN3O2S/c14-9-3-4-11(10(15)8-9)16-12(18)2-1-5-17-6-7-20-13(17)19/h3-4,6-8H,1-2,5,15H2,(H,16,18). The molecule has 20 heavy (non-hydrogen) atoms. The Labute approximate surface area is 125 Å². The van der Waals surface area contributed by atoms with Gasteiger partial charge in [-0.2, -0.15) is 0 Å². The Bertz CT molecular complexity index is 666. The lowest BCUT2D eigenvalue weighted by Crippen LogP contribution is -2.16. The van der Waals surface area contributed by atoms with E-state index in [1.807, 2.05) is 0 Å². The van der Waals surface area contributed by atoms with E-state index in [1.165, 1.54) is 0 Å². The molecule has 0 radical (unpaired) electrons. The Morgan fingerprint density at radius 1 is 1.45 bits per heavy atom. The van der Waals surface area contributed by atoms with Gasteiger partial charge in [0.05, 0.1) is 11.4 Å². The molecule has 0 unspecified atom stereocenters. The quantitative estimate of drug-likeness (QED) is 0.833. The molecule has 0 atom stereocenters. The van der Waals surface area contributed by atoms with Gasteiger partial charge in [0.25, 0.3) is 0 Å². The van der Waals surface area contributed by atoms with E-state index in [4.69, 9.17) is 17.3 Å². The number of halogens is 1. The van der Waals surface area contributed by atoms with Gasteiger partial charge in [-0.25, -0.2) is 0 Å². The van der Waals surface area contributed by atoms with Gasteiger partial charge >= 0.3 is 4.87 Å². The van der Waals surface area contributed by atoms with Crippen LogP contribution in [0.15, 0.2) is 34.6 Å². The summed E-state index contributed by atoms with van der Waals surface area (Å²) in [5.74, 6) is -0.137. The summed E-state index contributed by atoms with van der Waals surface area (Å²) in [6.07, 6.45) is 2.64. The van der Waals surface area contributed by atoms with E-state index >= 15 is 0 Å². The molecule has 106 valence electrons. The van der Waals surface area contributed by atoms with Gasteiger partial charge in [0.2, 0.25) is 5.91 Å². The smallest absolute Gasteiger partial charge is 0.307 e. The highest BCUT2D eigenvalue weighted by Crippen LogP contribution is 2.22. The predicted molar refractivity (Wildman–Crippen MR) is 82.3 cm³/mol. The first-order valence-corrected chi connectivity index (χ1v) is 7.31. The number of nitrogen functional groups attached to an aromatic ring is 1. The molecular weight excluding hydrogens is 298 g/mol. The van der Waals surface area contributed by atoms with Crippen molar-refractivity contribution in [1.82, 2.24) is 4.57 Å². The predicted octanol–water partition coefficient (Wildman–Crippen LogP) is 2.56. The van der Waals surface area contributed by atoms with E-state index in [0.29, 0.717) is 35.8 Å². The van der Waals surface area contributed by atoms with E-state index in [-0.39, 0.29) is 10.8 Å². The van der Waals surface area contributed by atoms with Crippen molar-refractivity contribution in [2.75, 3.05) is 11.1 Å². The number of nitrogens with zero attached hydrogens (tertiary/aromatic N) is 1.